The number of rotatable bonds is 3. The van der Waals surface area contributed by atoms with E-state index in [1.54, 1.807) is 0 Å². The van der Waals surface area contributed by atoms with Gasteiger partial charge in [0.15, 0.2) is 0 Å². The van der Waals surface area contributed by atoms with Gasteiger partial charge in [-0.1, -0.05) is 20.8 Å². The van der Waals surface area contributed by atoms with Crippen LogP contribution < -0.4 is 5.32 Å². The van der Waals surface area contributed by atoms with Crippen LogP contribution in [0.5, 0.6) is 0 Å². The third-order valence-corrected chi connectivity index (χ3v) is 5.72. The first kappa shape index (κ1) is 16.8. The van der Waals surface area contributed by atoms with Crippen LogP contribution >= 0.6 is 0 Å². The van der Waals surface area contributed by atoms with Crippen molar-refractivity contribution in [3.05, 3.63) is 0 Å². The Kier molecular flexibility index (Phi) is 5.70. The maximum atomic E-state index is 12.7. The Morgan fingerprint density at radius 2 is 1.62 bits per heavy atom. The van der Waals surface area contributed by atoms with E-state index in [2.05, 4.69) is 31.0 Å². The fourth-order valence-corrected chi connectivity index (χ4v) is 4.11. The number of hydrogen-bond acceptors (Lipinski definition) is 2. The van der Waals surface area contributed by atoms with E-state index < -0.39 is 0 Å². The van der Waals surface area contributed by atoms with E-state index >= 15 is 0 Å². The second-order valence-corrected chi connectivity index (χ2v) is 8.24. The van der Waals surface area contributed by atoms with E-state index in [4.69, 9.17) is 0 Å². The second-order valence-electron chi connectivity index (χ2n) is 8.24. The third-order valence-electron chi connectivity index (χ3n) is 5.72. The van der Waals surface area contributed by atoms with Gasteiger partial charge < -0.3 is 10.2 Å². The van der Waals surface area contributed by atoms with Gasteiger partial charge in [0.05, 0.1) is 0 Å². The molecule has 0 aromatic rings. The molecule has 0 aromatic heterocycles. The van der Waals surface area contributed by atoms with Crippen LogP contribution in [0.2, 0.25) is 0 Å². The van der Waals surface area contributed by atoms with Gasteiger partial charge in [-0.15, -0.1) is 0 Å². The molecule has 1 heterocycles. The molecule has 2 aliphatic rings. The minimum Gasteiger partial charge on any atom is -0.342 e. The van der Waals surface area contributed by atoms with Gasteiger partial charge in [0.1, 0.15) is 0 Å². The van der Waals surface area contributed by atoms with Crippen molar-refractivity contribution in [2.75, 3.05) is 26.7 Å². The van der Waals surface area contributed by atoms with Crippen molar-refractivity contribution in [2.45, 2.75) is 59.3 Å². The van der Waals surface area contributed by atoms with Crippen LogP contribution in [0.3, 0.4) is 0 Å². The van der Waals surface area contributed by atoms with Gasteiger partial charge in [0.25, 0.3) is 0 Å². The summed E-state index contributed by atoms with van der Waals surface area (Å²) in [5.74, 6) is 2.31. The average molecular weight is 294 g/mol. The predicted molar refractivity (Wildman–Crippen MR) is 88.1 cm³/mol. The predicted octanol–water partition coefficient (Wildman–Crippen LogP) is 3.30. The summed E-state index contributed by atoms with van der Waals surface area (Å²) in [5, 5.41) is 3.26. The highest BCUT2D eigenvalue weighted by Crippen LogP contribution is 2.40. The van der Waals surface area contributed by atoms with E-state index in [-0.39, 0.29) is 0 Å². The Morgan fingerprint density at radius 3 is 2.10 bits per heavy atom. The lowest BCUT2D eigenvalue weighted by Crippen LogP contribution is -2.44. The summed E-state index contributed by atoms with van der Waals surface area (Å²) in [6.45, 7) is 10.1. The Morgan fingerprint density at radius 1 is 1.05 bits per heavy atom. The monoisotopic (exact) mass is 294 g/mol. The summed E-state index contributed by atoms with van der Waals surface area (Å²) >= 11 is 0. The standard InChI is InChI=1S/C18H34N2O/c1-18(2,3)16-7-5-15(6-8-16)17(21)20-11-9-14(10-12-20)13-19-4/h14-16,19H,5-13H2,1-4H3. The summed E-state index contributed by atoms with van der Waals surface area (Å²) in [6, 6.07) is 0. The van der Waals surface area contributed by atoms with Crippen molar-refractivity contribution in [3.8, 4) is 0 Å². The number of likely N-dealkylation sites (tertiary alicyclic amines) is 1. The first-order valence-electron chi connectivity index (χ1n) is 8.85. The molecule has 0 atom stereocenters. The Labute approximate surface area is 130 Å². The van der Waals surface area contributed by atoms with Gasteiger partial charge in [-0.25, -0.2) is 0 Å². The number of nitrogens with zero attached hydrogens (tertiary/aromatic N) is 1. The molecule has 1 N–H and O–H groups in total. The number of carbonyl (C=O) groups excluding carboxylic acids is 1. The van der Waals surface area contributed by atoms with Gasteiger partial charge >= 0.3 is 0 Å². The van der Waals surface area contributed by atoms with Gasteiger partial charge in [-0.2, -0.15) is 0 Å². The molecule has 1 aliphatic carbocycles. The highest BCUT2D eigenvalue weighted by molar-refractivity contribution is 5.79. The van der Waals surface area contributed by atoms with Crippen molar-refractivity contribution < 1.29 is 4.79 Å². The molecular formula is C18H34N2O. The molecule has 2 fully saturated rings. The maximum absolute atomic E-state index is 12.7. The summed E-state index contributed by atoms with van der Waals surface area (Å²) in [6.07, 6.45) is 7.02. The van der Waals surface area contributed by atoms with Crippen LogP contribution in [0.4, 0.5) is 0 Å². The van der Waals surface area contributed by atoms with Crippen LogP contribution in [0.15, 0.2) is 0 Å². The minimum absolute atomic E-state index is 0.310. The van der Waals surface area contributed by atoms with Crippen LogP contribution in [0.1, 0.15) is 59.3 Å². The van der Waals surface area contributed by atoms with Crippen molar-refractivity contribution >= 4 is 5.91 Å². The molecule has 21 heavy (non-hydrogen) atoms. The number of hydrogen-bond donors (Lipinski definition) is 1. The first-order chi connectivity index (χ1) is 9.91. The summed E-state index contributed by atoms with van der Waals surface area (Å²) in [5.41, 5.74) is 0.402. The summed E-state index contributed by atoms with van der Waals surface area (Å²) < 4.78 is 0. The largest absolute Gasteiger partial charge is 0.342 e. The Hall–Kier alpha value is -0.570. The zero-order chi connectivity index (χ0) is 15.5. The van der Waals surface area contributed by atoms with Crippen LogP contribution in [-0.4, -0.2) is 37.5 Å². The van der Waals surface area contributed by atoms with Gasteiger partial charge in [-0.05, 0) is 69.4 Å². The lowest BCUT2D eigenvalue weighted by atomic mass is 9.69. The van der Waals surface area contributed by atoms with E-state index in [0.717, 1.165) is 44.3 Å². The number of amides is 1. The van der Waals surface area contributed by atoms with Crippen molar-refractivity contribution in [1.82, 2.24) is 10.2 Å². The smallest absolute Gasteiger partial charge is 0.225 e. The van der Waals surface area contributed by atoms with Crippen LogP contribution in [-0.2, 0) is 4.79 Å². The minimum atomic E-state index is 0.310. The molecule has 1 amide bonds. The highest BCUT2D eigenvalue weighted by Gasteiger charge is 2.34. The maximum Gasteiger partial charge on any atom is 0.225 e. The first-order valence-corrected chi connectivity index (χ1v) is 8.85. The zero-order valence-corrected chi connectivity index (χ0v) is 14.5. The SMILES string of the molecule is CNCC1CCN(C(=O)C2CCC(C(C)(C)C)CC2)CC1. The van der Waals surface area contributed by atoms with Crippen molar-refractivity contribution in [3.63, 3.8) is 0 Å². The normalized spacial score (nSPS) is 28.7. The van der Waals surface area contributed by atoms with E-state index in [1.807, 2.05) is 7.05 Å². The Bertz CT molecular complexity index is 332. The van der Waals surface area contributed by atoms with Crippen LogP contribution in [0.25, 0.3) is 0 Å². The molecule has 122 valence electrons. The van der Waals surface area contributed by atoms with Gasteiger partial charge in [0.2, 0.25) is 5.91 Å². The van der Waals surface area contributed by atoms with E-state index in [0.29, 0.717) is 17.2 Å². The molecule has 0 radical (unpaired) electrons. The quantitative estimate of drug-likeness (QED) is 0.866. The van der Waals surface area contributed by atoms with Gasteiger partial charge in [0, 0.05) is 19.0 Å². The molecule has 3 nitrogen and oxygen atoms in total. The molecule has 2 rings (SSSR count). The van der Waals surface area contributed by atoms with Crippen LogP contribution in [0, 0.1) is 23.2 Å². The second kappa shape index (κ2) is 7.13. The molecular weight excluding hydrogens is 260 g/mol. The third kappa shape index (κ3) is 4.45. The average Bonchev–Trinajstić information content (AvgIpc) is 2.47. The summed E-state index contributed by atoms with van der Waals surface area (Å²) in [7, 11) is 2.02. The number of nitrogens with one attached hydrogen (secondary N) is 1. The van der Waals surface area contributed by atoms with Crippen molar-refractivity contribution in [2.24, 2.45) is 23.2 Å². The zero-order valence-electron chi connectivity index (χ0n) is 14.5. The molecule has 1 saturated heterocycles. The van der Waals surface area contributed by atoms with Gasteiger partial charge in [-0.3, -0.25) is 4.79 Å². The molecule has 0 aromatic carbocycles. The fourth-order valence-electron chi connectivity index (χ4n) is 4.11. The topological polar surface area (TPSA) is 32.3 Å². The molecule has 0 spiro atoms. The Balaban J connectivity index is 1.78. The highest BCUT2D eigenvalue weighted by atomic mass is 16.2. The molecule has 0 bridgehead atoms. The number of carbonyl (C=O) groups is 1. The molecule has 0 unspecified atom stereocenters. The lowest BCUT2D eigenvalue weighted by Gasteiger charge is -2.39. The molecule has 3 heteroatoms. The number of piperidine rings is 1. The molecule has 1 aliphatic heterocycles. The van der Waals surface area contributed by atoms with E-state index in [9.17, 15) is 4.79 Å². The fraction of sp³-hybridized carbons (Fsp3) is 0.944. The lowest BCUT2D eigenvalue weighted by molar-refractivity contribution is -0.138. The summed E-state index contributed by atoms with van der Waals surface area (Å²) in [4.78, 5) is 14.8. The van der Waals surface area contributed by atoms with E-state index in [1.165, 1.54) is 25.7 Å². The van der Waals surface area contributed by atoms with Crippen molar-refractivity contribution in [1.29, 1.82) is 0 Å². The molecule has 1 saturated carbocycles.